The molecular weight excluding hydrogens is 654 g/mol. The molecule has 2 saturated carbocycles. The molecule has 9 atom stereocenters. The minimum atomic E-state index is -3.10. The number of carbonyl (C=O) groups excluding carboxylic acids is 6. The zero-order valence-electron chi connectivity index (χ0n) is 24.7. The molecule has 0 saturated heterocycles. The number of methoxy groups -OCH3 is 1. The van der Waals surface area contributed by atoms with Crippen LogP contribution in [0.15, 0.2) is 36.4 Å². The highest BCUT2D eigenvalue weighted by Gasteiger charge is 2.72. The minimum Gasteiger partial charge on any atom is -0.505 e. The fourth-order valence-electron chi connectivity index (χ4n) is 7.21. The molecule has 0 aliphatic heterocycles. The Kier molecular flexibility index (Phi) is 8.23. The molecule has 5 rings (SSSR count). The number of aliphatic hydroxyl groups is 2. The van der Waals surface area contributed by atoms with Gasteiger partial charge in [-0.25, -0.2) is 0 Å². The average molecular weight is 687 g/mol. The molecule has 0 bridgehead atoms. The van der Waals surface area contributed by atoms with Crippen molar-refractivity contribution < 1.29 is 48.8 Å². The molecule has 3 aliphatic carbocycles. The van der Waals surface area contributed by atoms with Gasteiger partial charge in [-0.05, 0) is 49.3 Å². The van der Waals surface area contributed by atoms with Gasteiger partial charge in [0.2, 0.25) is 11.8 Å². The Morgan fingerprint density at radius 2 is 1.69 bits per heavy atom. The van der Waals surface area contributed by atoms with Crippen LogP contribution in [0.1, 0.15) is 39.2 Å². The summed E-state index contributed by atoms with van der Waals surface area (Å²) in [5, 5.41) is 37.3. The zero-order valence-corrected chi connectivity index (χ0v) is 26.3. The first-order chi connectivity index (χ1) is 21.1. The summed E-state index contributed by atoms with van der Waals surface area (Å²) in [4.78, 5) is 80.6. The minimum absolute atomic E-state index is 0.142. The second-order valence-electron chi connectivity index (χ2n) is 11.9. The highest BCUT2D eigenvalue weighted by atomic mass is 79.9. The van der Waals surface area contributed by atoms with E-state index in [9.17, 15) is 44.1 Å². The molecule has 0 spiro atoms. The summed E-state index contributed by atoms with van der Waals surface area (Å²) in [5.74, 6) is -14.5. The SMILES string of the molecule is COc1ccc(C(Br)C(=O)Nc2ccc3c(c2O)C(=O)C2C(=O)[C@]4(O)C(=O)C(C(N)=O)C(=O)[C@@H](N(C)C)C4C(O)C2C3C)cc1. The molecule has 6 N–H and O–H groups in total. The maximum atomic E-state index is 14.1. The van der Waals surface area contributed by atoms with E-state index in [-0.39, 0.29) is 16.8 Å². The number of anilines is 1. The summed E-state index contributed by atoms with van der Waals surface area (Å²) in [5.41, 5.74) is 2.60. The molecule has 45 heavy (non-hydrogen) atoms. The molecule has 0 aromatic heterocycles. The monoisotopic (exact) mass is 685 g/mol. The van der Waals surface area contributed by atoms with Crippen LogP contribution >= 0.6 is 15.9 Å². The van der Waals surface area contributed by atoms with Gasteiger partial charge in [0, 0.05) is 5.92 Å². The number of aliphatic hydroxyl groups excluding tert-OH is 1. The Balaban J connectivity index is 1.55. The first-order valence-electron chi connectivity index (χ1n) is 14.1. The predicted molar refractivity (Wildman–Crippen MR) is 161 cm³/mol. The third-order valence-electron chi connectivity index (χ3n) is 9.39. The van der Waals surface area contributed by atoms with Crippen LogP contribution in [0.25, 0.3) is 0 Å². The Morgan fingerprint density at radius 3 is 2.24 bits per heavy atom. The van der Waals surface area contributed by atoms with Crippen LogP contribution in [0.5, 0.6) is 11.5 Å². The van der Waals surface area contributed by atoms with Gasteiger partial charge in [0.05, 0.1) is 42.3 Å². The summed E-state index contributed by atoms with van der Waals surface area (Å²) in [7, 11) is 4.35. The highest BCUT2D eigenvalue weighted by Crippen LogP contribution is 2.55. The molecule has 2 amide bonds. The molecule has 2 aromatic rings. The number of ketones is 4. The summed E-state index contributed by atoms with van der Waals surface area (Å²) in [6, 6.07) is 8.05. The van der Waals surface area contributed by atoms with Crippen LogP contribution in [-0.4, -0.2) is 94.1 Å². The van der Waals surface area contributed by atoms with Gasteiger partial charge in [0.25, 0.3) is 0 Å². The lowest BCUT2D eigenvalue weighted by molar-refractivity contribution is -0.196. The number of phenols is 1. The third-order valence-corrected chi connectivity index (χ3v) is 10.3. The van der Waals surface area contributed by atoms with Crippen molar-refractivity contribution in [2.24, 2.45) is 29.4 Å². The fraction of sp³-hybridized carbons (Fsp3) is 0.419. The molecule has 7 unspecified atom stereocenters. The third kappa shape index (κ3) is 4.69. The van der Waals surface area contributed by atoms with Crippen LogP contribution in [0.2, 0.25) is 0 Å². The standard InChI is InChI=1S/C31H32BrN3O10/c1-11-14-9-10-15(34-30(43)21(32)12-5-7-13(45-4)8-6-12)23(36)17(14)24(37)18-16(11)25(38)20-22(35(2)3)26(39)19(29(33)42)28(41)31(20,44)27(18)40/h5-11,16,18-22,25,36,38,44H,1-4H3,(H2,33,42)(H,34,43)/t11?,16?,18?,19?,20?,21?,22-,25?,31-/m0/s1. The maximum absolute atomic E-state index is 14.1. The normalized spacial score (nSPS) is 31.5. The van der Waals surface area contributed by atoms with E-state index in [1.54, 1.807) is 31.2 Å². The molecule has 13 nitrogen and oxygen atoms in total. The van der Waals surface area contributed by atoms with Gasteiger partial charge in [-0.15, -0.1) is 0 Å². The zero-order chi connectivity index (χ0) is 33.3. The first kappa shape index (κ1) is 32.4. The molecule has 0 radical (unpaired) electrons. The Labute approximate surface area is 265 Å². The number of alkyl halides is 1. The second-order valence-corrected chi connectivity index (χ2v) is 12.8. The van der Waals surface area contributed by atoms with Crippen LogP contribution < -0.4 is 15.8 Å². The number of benzene rings is 2. The number of phenolic OH excluding ortho intramolecular Hbond substituents is 1. The van der Waals surface area contributed by atoms with Crippen LogP contribution in [0.4, 0.5) is 5.69 Å². The number of hydrogen-bond acceptors (Lipinski definition) is 11. The Morgan fingerprint density at radius 1 is 1.07 bits per heavy atom. The van der Waals surface area contributed by atoms with Crippen LogP contribution in [0, 0.1) is 23.7 Å². The van der Waals surface area contributed by atoms with Gasteiger partial charge >= 0.3 is 0 Å². The van der Waals surface area contributed by atoms with Crippen LogP contribution in [0.3, 0.4) is 0 Å². The number of hydrogen-bond donors (Lipinski definition) is 5. The fourth-order valence-corrected chi connectivity index (χ4v) is 7.63. The first-order valence-corrected chi connectivity index (χ1v) is 15.0. The number of rotatable bonds is 6. The van der Waals surface area contributed by atoms with E-state index in [4.69, 9.17) is 10.5 Å². The van der Waals surface area contributed by atoms with Crippen molar-refractivity contribution in [3.05, 3.63) is 53.1 Å². The summed E-state index contributed by atoms with van der Waals surface area (Å²) in [6.45, 7) is 1.60. The summed E-state index contributed by atoms with van der Waals surface area (Å²) >= 11 is 3.32. The quantitative estimate of drug-likeness (QED) is 0.160. The number of amides is 2. The predicted octanol–water partition coefficient (Wildman–Crippen LogP) is 0.482. The number of nitrogens with one attached hydrogen (secondary N) is 1. The summed E-state index contributed by atoms with van der Waals surface area (Å²) in [6.07, 6.45) is -1.74. The van der Waals surface area contributed by atoms with Crippen molar-refractivity contribution in [3.8, 4) is 11.5 Å². The molecular formula is C31H32BrN3O10. The van der Waals surface area contributed by atoms with Gasteiger partial charge in [0.15, 0.2) is 34.7 Å². The molecule has 238 valence electrons. The van der Waals surface area contributed by atoms with Crippen molar-refractivity contribution in [2.45, 2.75) is 35.4 Å². The van der Waals surface area contributed by atoms with E-state index in [2.05, 4.69) is 21.2 Å². The van der Waals surface area contributed by atoms with Crippen molar-refractivity contribution >= 4 is 56.6 Å². The number of halogens is 1. The number of ether oxygens (including phenoxy) is 1. The van der Waals surface area contributed by atoms with Gasteiger partial charge in [-0.1, -0.05) is 41.1 Å². The lowest BCUT2D eigenvalue weighted by atomic mass is 9.49. The number of primary amides is 1. The number of nitrogens with two attached hydrogens (primary N) is 1. The van der Waals surface area contributed by atoms with Gasteiger partial charge < -0.3 is 31.1 Å². The summed E-state index contributed by atoms with van der Waals surface area (Å²) < 4.78 is 5.13. The van der Waals surface area contributed by atoms with E-state index in [0.717, 1.165) is 0 Å². The number of likely N-dealkylation sites (N-methyl/N-ethyl adjacent to an activating group) is 1. The van der Waals surface area contributed by atoms with Crippen LogP contribution in [-0.2, 0) is 24.0 Å². The smallest absolute Gasteiger partial charge is 0.242 e. The Bertz CT molecular complexity index is 1640. The van der Waals surface area contributed by atoms with E-state index in [1.165, 1.54) is 38.2 Å². The molecule has 3 aliphatic rings. The lowest BCUT2D eigenvalue weighted by Crippen LogP contribution is -2.77. The number of fused-ring (bicyclic) bond motifs is 3. The van der Waals surface area contributed by atoms with Crippen molar-refractivity contribution in [2.75, 3.05) is 26.5 Å². The largest absolute Gasteiger partial charge is 0.505 e. The van der Waals surface area contributed by atoms with E-state index in [1.807, 2.05) is 0 Å². The number of carbonyl (C=O) groups is 6. The van der Waals surface area contributed by atoms with E-state index in [0.29, 0.717) is 11.3 Å². The molecule has 2 aromatic carbocycles. The number of nitrogens with zero attached hydrogens (tertiary/aromatic N) is 1. The lowest BCUT2D eigenvalue weighted by Gasteiger charge is -2.56. The van der Waals surface area contributed by atoms with Gasteiger partial charge in [0.1, 0.15) is 16.3 Å². The molecule has 2 fully saturated rings. The molecule has 14 heteroatoms. The number of Topliss-reactive ketones (excluding diaryl/α,β-unsaturated/α-hetero) is 4. The van der Waals surface area contributed by atoms with E-state index < -0.39 is 92.9 Å². The number of aromatic hydroxyl groups is 1. The Hall–Kier alpha value is -3.98. The van der Waals surface area contributed by atoms with Gasteiger partial charge in [-0.3, -0.25) is 33.7 Å². The topological polar surface area (TPSA) is 214 Å². The van der Waals surface area contributed by atoms with Crippen molar-refractivity contribution in [3.63, 3.8) is 0 Å². The van der Waals surface area contributed by atoms with Gasteiger partial charge in [-0.2, -0.15) is 0 Å². The van der Waals surface area contributed by atoms with Crippen molar-refractivity contribution in [1.82, 2.24) is 4.90 Å². The van der Waals surface area contributed by atoms with E-state index >= 15 is 0 Å². The molecule has 0 heterocycles. The average Bonchev–Trinajstić information content (AvgIpc) is 2.99. The second kappa shape index (κ2) is 11.4. The maximum Gasteiger partial charge on any atom is 0.242 e. The van der Waals surface area contributed by atoms with Crippen molar-refractivity contribution in [1.29, 1.82) is 0 Å². The highest BCUT2D eigenvalue weighted by molar-refractivity contribution is 9.09.